The average molecular weight is 443 g/mol. The van der Waals surface area contributed by atoms with Crippen LogP contribution in [0.5, 0.6) is 11.5 Å². The Balaban J connectivity index is 1.59. The number of aromatic nitrogens is 6. The van der Waals surface area contributed by atoms with E-state index in [1.165, 1.54) is 0 Å². The van der Waals surface area contributed by atoms with E-state index in [2.05, 4.69) is 50.8 Å². The first kappa shape index (κ1) is 18.8. The van der Waals surface area contributed by atoms with Gasteiger partial charge in [0.05, 0.1) is 17.6 Å². The Hall–Kier alpha value is -4.72. The topological polar surface area (TPSA) is 89.8 Å². The molecule has 0 radical (unpaired) electrons. The van der Waals surface area contributed by atoms with Crippen molar-refractivity contribution in [2.45, 2.75) is 13.8 Å². The van der Waals surface area contributed by atoms with Gasteiger partial charge in [0.25, 0.3) is 0 Å². The molecular weight excluding hydrogens is 426 g/mol. The predicted octanol–water partition coefficient (Wildman–Crippen LogP) is 5.71. The summed E-state index contributed by atoms with van der Waals surface area (Å²) in [5.74, 6) is 2.21. The molecule has 0 amide bonds. The lowest BCUT2D eigenvalue weighted by Crippen LogP contribution is -2.19. The summed E-state index contributed by atoms with van der Waals surface area (Å²) in [6.07, 6.45) is 8.39. The molecule has 162 valence electrons. The fraction of sp³-hybridized carbons (Fsp3) is 0.0769. The van der Waals surface area contributed by atoms with E-state index in [1.54, 1.807) is 31.0 Å². The van der Waals surface area contributed by atoms with Crippen LogP contribution in [0, 0.1) is 13.8 Å². The van der Waals surface area contributed by atoms with Gasteiger partial charge in [-0.1, -0.05) is 24.3 Å². The van der Waals surface area contributed by atoms with Gasteiger partial charge in [0.2, 0.25) is 0 Å². The Morgan fingerprint density at radius 2 is 1.06 bits per heavy atom. The summed E-state index contributed by atoms with van der Waals surface area (Å²) in [4.78, 5) is 30.2. The third-order valence-corrected chi connectivity index (χ3v) is 6.13. The second-order valence-corrected chi connectivity index (χ2v) is 8.21. The number of aryl methyl sites for hydroxylation is 2. The average Bonchev–Trinajstić information content (AvgIpc) is 2.88. The van der Waals surface area contributed by atoms with E-state index in [-0.39, 0.29) is 0 Å². The van der Waals surface area contributed by atoms with Crippen LogP contribution in [0.4, 0.5) is 17.2 Å². The fourth-order valence-electron chi connectivity index (χ4n) is 4.66. The quantitative estimate of drug-likeness (QED) is 0.298. The predicted molar refractivity (Wildman–Crippen MR) is 130 cm³/mol. The van der Waals surface area contributed by atoms with Crippen LogP contribution in [0.1, 0.15) is 11.1 Å². The Morgan fingerprint density at radius 3 is 1.59 bits per heavy atom. The molecule has 34 heavy (non-hydrogen) atoms. The number of rotatable bonds is 1. The maximum atomic E-state index is 6.28. The first-order valence-electron chi connectivity index (χ1n) is 10.9. The van der Waals surface area contributed by atoms with Crippen LogP contribution in [-0.4, -0.2) is 29.9 Å². The number of ether oxygens (including phenoxy) is 1. The van der Waals surface area contributed by atoms with Crippen molar-refractivity contribution in [2.24, 2.45) is 0 Å². The smallest absolute Gasteiger partial charge is 0.157 e. The van der Waals surface area contributed by atoms with Crippen LogP contribution in [0.25, 0.3) is 33.1 Å². The molecule has 3 aromatic heterocycles. The Morgan fingerprint density at radius 1 is 0.588 bits per heavy atom. The van der Waals surface area contributed by atoms with Crippen molar-refractivity contribution in [1.29, 1.82) is 0 Å². The van der Waals surface area contributed by atoms with Gasteiger partial charge in [-0.3, -0.25) is 24.8 Å². The summed E-state index contributed by atoms with van der Waals surface area (Å²) < 4.78 is 6.28. The SMILES string of the molecule is Cc1cccc2c1N(c1cnc3c4nccnc4c4nccnc4c3n1)c1c(C)cccc1O2. The normalized spacial score (nSPS) is 12.6. The monoisotopic (exact) mass is 443 g/mol. The summed E-state index contributed by atoms with van der Waals surface area (Å²) in [5, 5.41) is 0. The van der Waals surface area contributed by atoms with Crippen molar-refractivity contribution < 1.29 is 4.74 Å². The van der Waals surface area contributed by atoms with Gasteiger partial charge < -0.3 is 4.74 Å². The van der Waals surface area contributed by atoms with Crippen molar-refractivity contribution >= 4 is 50.3 Å². The third kappa shape index (κ3) is 2.53. The zero-order chi connectivity index (χ0) is 22.8. The molecule has 0 N–H and O–H groups in total. The molecule has 7 rings (SSSR count). The molecule has 4 heterocycles. The Kier molecular flexibility index (Phi) is 3.81. The second-order valence-electron chi connectivity index (χ2n) is 8.21. The van der Waals surface area contributed by atoms with Crippen molar-refractivity contribution in [3.05, 3.63) is 78.5 Å². The highest BCUT2D eigenvalue weighted by Crippen LogP contribution is 2.52. The summed E-state index contributed by atoms with van der Waals surface area (Å²) >= 11 is 0. The van der Waals surface area contributed by atoms with E-state index in [4.69, 9.17) is 14.7 Å². The highest BCUT2D eigenvalue weighted by Gasteiger charge is 2.30. The molecule has 1 aliphatic rings. The van der Waals surface area contributed by atoms with Gasteiger partial charge in [-0.15, -0.1) is 0 Å². The largest absolute Gasteiger partial charge is 0.453 e. The van der Waals surface area contributed by atoms with Crippen LogP contribution < -0.4 is 9.64 Å². The minimum Gasteiger partial charge on any atom is -0.453 e. The molecule has 0 fully saturated rings. The maximum absolute atomic E-state index is 6.28. The molecule has 8 nitrogen and oxygen atoms in total. The lowest BCUT2D eigenvalue weighted by molar-refractivity contribution is 0.475. The van der Waals surface area contributed by atoms with Crippen LogP contribution in [-0.2, 0) is 0 Å². The summed E-state index contributed by atoms with van der Waals surface area (Å²) in [5.41, 5.74) is 7.90. The first-order valence-corrected chi connectivity index (χ1v) is 10.9. The van der Waals surface area contributed by atoms with Crippen molar-refractivity contribution in [1.82, 2.24) is 29.9 Å². The van der Waals surface area contributed by atoms with Crippen LogP contribution in [0.2, 0.25) is 0 Å². The highest BCUT2D eigenvalue weighted by molar-refractivity contribution is 6.17. The number of fused-ring (bicyclic) bond motifs is 8. The number of hydrogen-bond donors (Lipinski definition) is 0. The van der Waals surface area contributed by atoms with Crippen LogP contribution in [0.3, 0.4) is 0 Å². The number of nitrogens with zero attached hydrogens (tertiary/aromatic N) is 7. The second kappa shape index (κ2) is 6.89. The molecule has 0 bridgehead atoms. The molecule has 0 saturated carbocycles. The molecule has 8 heteroatoms. The number of para-hydroxylation sites is 2. The maximum Gasteiger partial charge on any atom is 0.157 e. The van der Waals surface area contributed by atoms with E-state index in [0.29, 0.717) is 38.9 Å². The zero-order valence-electron chi connectivity index (χ0n) is 18.4. The molecule has 1 aliphatic heterocycles. The molecular formula is C26H17N7O. The van der Waals surface area contributed by atoms with Gasteiger partial charge in [0.15, 0.2) is 17.3 Å². The van der Waals surface area contributed by atoms with E-state index in [9.17, 15) is 0 Å². The third-order valence-electron chi connectivity index (χ3n) is 6.13. The number of anilines is 3. The van der Waals surface area contributed by atoms with Crippen LogP contribution >= 0.6 is 0 Å². The number of hydrogen-bond acceptors (Lipinski definition) is 8. The van der Waals surface area contributed by atoms with E-state index >= 15 is 0 Å². The van der Waals surface area contributed by atoms with E-state index < -0.39 is 0 Å². The zero-order valence-corrected chi connectivity index (χ0v) is 18.4. The van der Waals surface area contributed by atoms with E-state index in [1.807, 2.05) is 24.3 Å². The fourth-order valence-corrected chi connectivity index (χ4v) is 4.66. The summed E-state index contributed by atoms with van der Waals surface area (Å²) in [6.45, 7) is 4.13. The highest BCUT2D eigenvalue weighted by atomic mass is 16.5. The summed E-state index contributed by atoms with van der Waals surface area (Å²) in [7, 11) is 0. The molecule has 0 aliphatic carbocycles. The molecule has 0 unspecified atom stereocenters. The van der Waals surface area contributed by atoms with Gasteiger partial charge in [-0.25, -0.2) is 9.97 Å². The van der Waals surface area contributed by atoms with Gasteiger partial charge in [0.1, 0.15) is 33.1 Å². The van der Waals surface area contributed by atoms with Crippen molar-refractivity contribution in [2.75, 3.05) is 4.90 Å². The minimum atomic E-state index is 0.630. The van der Waals surface area contributed by atoms with Crippen molar-refractivity contribution in [3.8, 4) is 11.5 Å². The molecule has 0 spiro atoms. The van der Waals surface area contributed by atoms with Gasteiger partial charge in [0, 0.05) is 24.8 Å². The Bertz CT molecular complexity index is 1700. The molecule has 3 aromatic carbocycles. The standard InChI is InChI=1S/C26H17N7O/c1-14-5-3-7-16-25(14)33(26-15(2)6-4-8-17(26)34-16)18-13-31-23-21-19(27-9-10-29-21)20-22(24(23)32-18)30-12-11-28-20/h3-13H,1-2H3. The molecule has 0 atom stereocenters. The minimum absolute atomic E-state index is 0.630. The van der Waals surface area contributed by atoms with Gasteiger partial charge in [-0.05, 0) is 37.1 Å². The van der Waals surface area contributed by atoms with Crippen LogP contribution in [0.15, 0.2) is 67.4 Å². The van der Waals surface area contributed by atoms with Crippen molar-refractivity contribution in [3.63, 3.8) is 0 Å². The van der Waals surface area contributed by atoms with E-state index in [0.717, 1.165) is 34.0 Å². The lowest BCUT2D eigenvalue weighted by atomic mass is 10.1. The molecule has 6 aromatic rings. The summed E-state index contributed by atoms with van der Waals surface area (Å²) in [6, 6.07) is 12.1. The van der Waals surface area contributed by atoms with Gasteiger partial charge >= 0.3 is 0 Å². The molecule has 0 saturated heterocycles. The first-order chi connectivity index (χ1) is 16.7. The van der Waals surface area contributed by atoms with Gasteiger partial charge in [-0.2, -0.15) is 0 Å². The lowest BCUT2D eigenvalue weighted by Gasteiger charge is -2.34. The Labute approximate surface area is 194 Å². The number of benzene rings is 3.